The zero-order valence-corrected chi connectivity index (χ0v) is 13.8. The molecule has 2 N–H and O–H groups in total. The third-order valence-electron chi connectivity index (χ3n) is 4.46. The summed E-state index contributed by atoms with van der Waals surface area (Å²) in [5.41, 5.74) is 4.06. The van der Waals surface area contributed by atoms with Crippen molar-refractivity contribution in [3.05, 3.63) is 64.5 Å². The number of hydrogen-bond donors (Lipinski definition) is 2. The molecule has 2 aromatic carbocycles. The lowest BCUT2D eigenvalue weighted by atomic mass is 9.90. The molecule has 1 amide bonds. The van der Waals surface area contributed by atoms with Gasteiger partial charge in [0, 0.05) is 5.69 Å². The summed E-state index contributed by atoms with van der Waals surface area (Å²) in [4.78, 5) is 22.8. The molecule has 25 heavy (non-hydrogen) atoms. The number of rotatable bonds is 5. The first-order valence-electron chi connectivity index (χ1n) is 8.42. The van der Waals surface area contributed by atoms with E-state index in [1.54, 1.807) is 0 Å². The van der Waals surface area contributed by atoms with Crippen molar-refractivity contribution in [3.63, 3.8) is 0 Å². The maximum atomic E-state index is 13.9. The molecule has 1 aliphatic carbocycles. The molecule has 0 aliphatic heterocycles. The summed E-state index contributed by atoms with van der Waals surface area (Å²) in [6, 6.07) is 10.2. The van der Waals surface area contributed by atoms with E-state index in [1.807, 2.05) is 6.07 Å². The number of carbonyl (C=O) groups is 2. The van der Waals surface area contributed by atoms with E-state index < -0.39 is 11.8 Å². The molecule has 0 saturated heterocycles. The van der Waals surface area contributed by atoms with Crippen molar-refractivity contribution < 1.29 is 19.1 Å². The summed E-state index contributed by atoms with van der Waals surface area (Å²) in [5.74, 6) is -1.95. The third kappa shape index (κ3) is 4.44. The highest BCUT2D eigenvalue weighted by Gasteiger charge is 2.12. The number of fused-ring (bicyclic) bond motifs is 1. The van der Waals surface area contributed by atoms with Crippen LogP contribution in [0.25, 0.3) is 0 Å². The number of benzene rings is 2. The Hall–Kier alpha value is -2.69. The average Bonchev–Trinajstić information content (AvgIpc) is 2.57. The van der Waals surface area contributed by atoms with E-state index >= 15 is 0 Å². The van der Waals surface area contributed by atoms with Gasteiger partial charge in [0.2, 0.25) is 5.91 Å². The monoisotopic (exact) mass is 341 g/mol. The van der Waals surface area contributed by atoms with Crippen molar-refractivity contribution in [1.29, 1.82) is 0 Å². The first-order valence-corrected chi connectivity index (χ1v) is 8.42. The van der Waals surface area contributed by atoms with Crippen molar-refractivity contribution in [2.75, 3.05) is 5.32 Å². The summed E-state index contributed by atoms with van der Waals surface area (Å²) in [7, 11) is 0. The standard InChI is InChI=1S/C20H20FNO3/c21-18-12-17(8-7-16(18)11-20(24)25)22-19(23)10-13-5-6-14-3-1-2-4-15(14)9-13/h5-9,12H,1-4,10-11H2,(H,22,23)(H,24,25). The molecule has 0 unspecified atom stereocenters. The Morgan fingerprint density at radius 1 is 1.00 bits per heavy atom. The third-order valence-corrected chi connectivity index (χ3v) is 4.46. The number of hydrogen-bond acceptors (Lipinski definition) is 2. The van der Waals surface area contributed by atoms with E-state index in [-0.39, 0.29) is 24.3 Å². The minimum Gasteiger partial charge on any atom is -0.481 e. The van der Waals surface area contributed by atoms with E-state index in [1.165, 1.54) is 36.1 Å². The Kier molecular flexibility index (Phi) is 5.12. The van der Waals surface area contributed by atoms with Crippen molar-refractivity contribution in [1.82, 2.24) is 0 Å². The Labute approximate surface area is 145 Å². The smallest absolute Gasteiger partial charge is 0.307 e. The molecule has 1 aliphatic rings. The van der Waals surface area contributed by atoms with E-state index in [2.05, 4.69) is 17.4 Å². The molecule has 0 fully saturated rings. The molecular formula is C20H20FNO3. The number of aryl methyl sites for hydroxylation is 2. The zero-order valence-electron chi connectivity index (χ0n) is 13.8. The summed E-state index contributed by atoms with van der Waals surface area (Å²) < 4.78 is 13.9. The van der Waals surface area contributed by atoms with Gasteiger partial charge in [0.05, 0.1) is 12.8 Å². The summed E-state index contributed by atoms with van der Waals surface area (Å²) in [6.07, 6.45) is 4.41. The molecule has 3 rings (SSSR count). The number of carboxylic acids is 1. The van der Waals surface area contributed by atoms with Gasteiger partial charge in [-0.25, -0.2) is 4.39 Å². The quantitative estimate of drug-likeness (QED) is 0.874. The molecule has 0 spiro atoms. The molecule has 0 radical (unpaired) electrons. The van der Waals surface area contributed by atoms with E-state index in [4.69, 9.17) is 5.11 Å². The molecule has 2 aromatic rings. The predicted molar refractivity (Wildman–Crippen MR) is 93.2 cm³/mol. The van der Waals surface area contributed by atoms with Crippen LogP contribution in [0.4, 0.5) is 10.1 Å². The number of nitrogens with one attached hydrogen (secondary N) is 1. The van der Waals surface area contributed by atoms with Crippen LogP contribution in [-0.4, -0.2) is 17.0 Å². The number of anilines is 1. The van der Waals surface area contributed by atoms with E-state index in [9.17, 15) is 14.0 Å². The van der Waals surface area contributed by atoms with Gasteiger partial charge in [0.15, 0.2) is 0 Å². The topological polar surface area (TPSA) is 66.4 Å². The van der Waals surface area contributed by atoms with Crippen LogP contribution in [-0.2, 0) is 35.3 Å². The Balaban J connectivity index is 1.64. The Bertz CT molecular complexity index is 817. The Morgan fingerprint density at radius 2 is 1.76 bits per heavy atom. The SMILES string of the molecule is O=C(O)Cc1ccc(NC(=O)Cc2ccc3c(c2)CCCC3)cc1F. The van der Waals surface area contributed by atoms with Crippen LogP contribution in [0, 0.1) is 5.82 Å². The second-order valence-corrected chi connectivity index (χ2v) is 6.41. The number of halogens is 1. The largest absolute Gasteiger partial charge is 0.481 e. The van der Waals surface area contributed by atoms with Gasteiger partial charge in [-0.3, -0.25) is 9.59 Å². The lowest BCUT2D eigenvalue weighted by Gasteiger charge is -2.16. The van der Waals surface area contributed by atoms with Gasteiger partial charge in [0.1, 0.15) is 5.82 Å². The number of aliphatic carboxylic acids is 1. The fourth-order valence-corrected chi connectivity index (χ4v) is 3.22. The summed E-state index contributed by atoms with van der Waals surface area (Å²) in [5, 5.41) is 11.4. The van der Waals surface area contributed by atoms with Crippen LogP contribution in [0.1, 0.15) is 35.1 Å². The van der Waals surface area contributed by atoms with Crippen molar-refractivity contribution in [2.24, 2.45) is 0 Å². The highest BCUT2D eigenvalue weighted by Crippen LogP contribution is 2.22. The summed E-state index contributed by atoms with van der Waals surface area (Å²) >= 11 is 0. The molecule has 0 heterocycles. The van der Waals surface area contributed by atoms with Crippen LogP contribution in [0.2, 0.25) is 0 Å². The maximum Gasteiger partial charge on any atom is 0.307 e. The maximum absolute atomic E-state index is 13.9. The second kappa shape index (κ2) is 7.47. The molecule has 130 valence electrons. The number of carboxylic acid groups (broad SMARTS) is 1. The van der Waals surface area contributed by atoms with Gasteiger partial charge in [-0.05, 0) is 60.1 Å². The highest BCUT2D eigenvalue weighted by molar-refractivity contribution is 5.92. The highest BCUT2D eigenvalue weighted by atomic mass is 19.1. The van der Waals surface area contributed by atoms with Crippen LogP contribution in [0.5, 0.6) is 0 Å². The Morgan fingerprint density at radius 3 is 2.48 bits per heavy atom. The minimum absolute atomic E-state index is 0.0974. The van der Waals surface area contributed by atoms with Crippen LogP contribution < -0.4 is 5.32 Å². The van der Waals surface area contributed by atoms with Gasteiger partial charge < -0.3 is 10.4 Å². The lowest BCUT2D eigenvalue weighted by molar-refractivity contribution is -0.136. The first-order chi connectivity index (χ1) is 12.0. The molecule has 4 nitrogen and oxygen atoms in total. The molecule has 0 bridgehead atoms. The number of carbonyl (C=O) groups excluding carboxylic acids is 1. The fraction of sp³-hybridized carbons (Fsp3) is 0.300. The lowest BCUT2D eigenvalue weighted by Crippen LogP contribution is -2.15. The van der Waals surface area contributed by atoms with E-state index in [0.717, 1.165) is 24.5 Å². The second-order valence-electron chi connectivity index (χ2n) is 6.41. The molecular weight excluding hydrogens is 321 g/mol. The molecule has 0 atom stereocenters. The van der Waals surface area contributed by atoms with Crippen molar-refractivity contribution in [3.8, 4) is 0 Å². The molecule has 5 heteroatoms. The predicted octanol–water partition coefficient (Wildman–Crippen LogP) is 3.51. The van der Waals surface area contributed by atoms with Gasteiger partial charge >= 0.3 is 5.97 Å². The molecule has 0 aromatic heterocycles. The fourth-order valence-electron chi connectivity index (χ4n) is 3.22. The van der Waals surface area contributed by atoms with Crippen LogP contribution >= 0.6 is 0 Å². The first kappa shape index (κ1) is 17.1. The van der Waals surface area contributed by atoms with Crippen molar-refractivity contribution in [2.45, 2.75) is 38.5 Å². The van der Waals surface area contributed by atoms with Gasteiger partial charge in [-0.1, -0.05) is 24.3 Å². The minimum atomic E-state index is -1.09. The summed E-state index contributed by atoms with van der Waals surface area (Å²) in [6.45, 7) is 0. The van der Waals surface area contributed by atoms with Gasteiger partial charge in [0.25, 0.3) is 0 Å². The normalized spacial score (nSPS) is 13.2. The van der Waals surface area contributed by atoms with E-state index in [0.29, 0.717) is 5.69 Å². The van der Waals surface area contributed by atoms with Crippen molar-refractivity contribution >= 4 is 17.6 Å². The molecule has 0 saturated carbocycles. The average molecular weight is 341 g/mol. The number of amides is 1. The van der Waals surface area contributed by atoms with Gasteiger partial charge in [-0.2, -0.15) is 0 Å². The van der Waals surface area contributed by atoms with Crippen LogP contribution in [0.3, 0.4) is 0 Å². The zero-order chi connectivity index (χ0) is 17.8. The van der Waals surface area contributed by atoms with Crippen LogP contribution in [0.15, 0.2) is 36.4 Å². The van der Waals surface area contributed by atoms with Gasteiger partial charge in [-0.15, -0.1) is 0 Å².